The molecule has 1 aromatic rings. The van der Waals surface area contributed by atoms with Crippen LogP contribution in [0.25, 0.3) is 0 Å². The number of hydrogen-bond acceptors (Lipinski definition) is 4. The molecule has 104 valence electrons. The lowest BCUT2D eigenvalue weighted by Crippen LogP contribution is -2.30. The molecule has 0 saturated heterocycles. The van der Waals surface area contributed by atoms with Gasteiger partial charge in [0.1, 0.15) is 12.7 Å². The molecule has 1 unspecified atom stereocenters. The van der Waals surface area contributed by atoms with E-state index < -0.39 is 12.0 Å². The van der Waals surface area contributed by atoms with Gasteiger partial charge in [0.15, 0.2) is 0 Å². The first kappa shape index (κ1) is 15.2. The van der Waals surface area contributed by atoms with E-state index in [1.54, 1.807) is 6.21 Å². The van der Waals surface area contributed by atoms with Crippen molar-refractivity contribution in [3.63, 3.8) is 0 Å². The molecule has 5 nitrogen and oxygen atoms in total. The molecule has 1 rings (SSSR count). The Hall–Kier alpha value is -1.88. The van der Waals surface area contributed by atoms with Gasteiger partial charge in [-0.05, 0) is 24.8 Å². The van der Waals surface area contributed by atoms with Gasteiger partial charge >= 0.3 is 0 Å². The summed E-state index contributed by atoms with van der Waals surface area (Å²) < 4.78 is 4.95. The lowest BCUT2D eigenvalue weighted by molar-refractivity contribution is -0.128. The van der Waals surface area contributed by atoms with Crippen molar-refractivity contribution in [2.75, 3.05) is 7.11 Å². The Labute approximate surface area is 113 Å². The molecule has 0 aromatic heterocycles. The molecule has 0 saturated carbocycles. The van der Waals surface area contributed by atoms with Crippen LogP contribution in [-0.4, -0.2) is 25.3 Å². The van der Waals surface area contributed by atoms with E-state index in [1.807, 2.05) is 30.3 Å². The van der Waals surface area contributed by atoms with E-state index in [0.717, 1.165) is 18.4 Å². The number of carbonyl (C=O) groups is 1. The standard InChI is InChI=1S/C14H20N2O3/c1-18-13(14(15)17)9-5-6-10-16-19-11-12-7-3-2-4-8-12/h2-4,7-8,10,13H,5-6,9,11H2,1H3,(H2,15,17)/b16-10+. The van der Waals surface area contributed by atoms with Crippen molar-refractivity contribution in [3.8, 4) is 0 Å². The third kappa shape index (κ3) is 6.57. The van der Waals surface area contributed by atoms with Crippen molar-refractivity contribution >= 4 is 12.1 Å². The first-order valence-electron chi connectivity index (χ1n) is 6.24. The van der Waals surface area contributed by atoms with Crippen molar-refractivity contribution < 1.29 is 14.4 Å². The van der Waals surface area contributed by atoms with Crippen LogP contribution in [0.4, 0.5) is 0 Å². The maximum atomic E-state index is 10.9. The van der Waals surface area contributed by atoms with E-state index in [9.17, 15) is 4.79 Å². The van der Waals surface area contributed by atoms with E-state index in [4.69, 9.17) is 15.3 Å². The number of amides is 1. The van der Waals surface area contributed by atoms with Crippen LogP contribution in [0.1, 0.15) is 24.8 Å². The summed E-state index contributed by atoms with van der Waals surface area (Å²) in [6, 6.07) is 9.82. The van der Waals surface area contributed by atoms with Crippen LogP contribution >= 0.6 is 0 Å². The van der Waals surface area contributed by atoms with Gasteiger partial charge in [-0.3, -0.25) is 4.79 Å². The fourth-order valence-electron chi connectivity index (χ4n) is 1.56. The highest BCUT2D eigenvalue weighted by Gasteiger charge is 2.12. The number of ether oxygens (including phenoxy) is 1. The molecule has 0 aliphatic carbocycles. The topological polar surface area (TPSA) is 73.9 Å². The van der Waals surface area contributed by atoms with Crippen molar-refractivity contribution in [1.82, 2.24) is 0 Å². The predicted molar refractivity (Wildman–Crippen MR) is 73.6 cm³/mol. The SMILES string of the molecule is COC(CCC/C=N/OCc1ccccc1)C(N)=O. The van der Waals surface area contributed by atoms with Crippen molar-refractivity contribution in [1.29, 1.82) is 0 Å². The second-order valence-corrected chi connectivity index (χ2v) is 4.10. The molecule has 5 heteroatoms. The first-order chi connectivity index (χ1) is 9.24. The maximum absolute atomic E-state index is 10.9. The molecule has 0 aliphatic heterocycles. The molecular weight excluding hydrogens is 244 g/mol. The number of primary amides is 1. The van der Waals surface area contributed by atoms with E-state index in [-0.39, 0.29) is 0 Å². The van der Waals surface area contributed by atoms with Gasteiger partial charge in [0.05, 0.1) is 0 Å². The van der Waals surface area contributed by atoms with Crippen LogP contribution in [-0.2, 0) is 21.0 Å². The molecule has 0 aliphatic rings. The number of carbonyl (C=O) groups excluding carboxylic acids is 1. The summed E-state index contributed by atoms with van der Waals surface area (Å²) in [5.74, 6) is -0.431. The van der Waals surface area contributed by atoms with Gasteiger partial charge in [-0.1, -0.05) is 35.5 Å². The number of methoxy groups -OCH3 is 1. The Kier molecular flexibility index (Phi) is 7.27. The van der Waals surface area contributed by atoms with Crippen LogP contribution in [0.15, 0.2) is 35.5 Å². The van der Waals surface area contributed by atoms with Gasteiger partial charge in [0.2, 0.25) is 5.91 Å². The summed E-state index contributed by atoms with van der Waals surface area (Å²) in [6.45, 7) is 0.458. The maximum Gasteiger partial charge on any atom is 0.246 e. The van der Waals surface area contributed by atoms with E-state index >= 15 is 0 Å². The van der Waals surface area contributed by atoms with Gasteiger partial charge in [-0.15, -0.1) is 0 Å². The lowest BCUT2D eigenvalue weighted by Gasteiger charge is -2.09. The molecule has 0 radical (unpaired) electrons. The molecule has 0 bridgehead atoms. The summed E-state index contributed by atoms with van der Waals surface area (Å²) in [6.07, 6.45) is 3.27. The number of nitrogens with zero attached hydrogens (tertiary/aromatic N) is 1. The van der Waals surface area contributed by atoms with Crippen LogP contribution in [0.5, 0.6) is 0 Å². The monoisotopic (exact) mass is 264 g/mol. The Balaban J connectivity index is 2.09. The zero-order chi connectivity index (χ0) is 13.9. The molecular formula is C14H20N2O3. The van der Waals surface area contributed by atoms with Gasteiger partial charge in [0.25, 0.3) is 0 Å². The molecule has 1 amide bonds. The second-order valence-electron chi connectivity index (χ2n) is 4.10. The number of benzene rings is 1. The zero-order valence-electron chi connectivity index (χ0n) is 11.1. The van der Waals surface area contributed by atoms with Gasteiger partial charge in [0, 0.05) is 13.3 Å². The van der Waals surface area contributed by atoms with E-state index in [2.05, 4.69) is 5.16 Å². The molecule has 0 heterocycles. The third-order valence-corrected chi connectivity index (χ3v) is 2.62. The largest absolute Gasteiger partial charge is 0.391 e. The minimum Gasteiger partial charge on any atom is -0.391 e. The molecule has 2 N–H and O–H groups in total. The van der Waals surface area contributed by atoms with Gasteiger partial charge in [-0.2, -0.15) is 0 Å². The Morgan fingerprint density at radius 3 is 2.79 bits per heavy atom. The number of unbranched alkanes of at least 4 members (excludes halogenated alkanes) is 1. The Morgan fingerprint density at radius 2 is 2.16 bits per heavy atom. The van der Waals surface area contributed by atoms with Crippen LogP contribution < -0.4 is 5.73 Å². The summed E-state index contributed by atoms with van der Waals surface area (Å²) >= 11 is 0. The van der Waals surface area contributed by atoms with E-state index in [0.29, 0.717) is 13.0 Å². The van der Waals surface area contributed by atoms with Crippen LogP contribution in [0, 0.1) is 0 Å². The summed E-state index contributed by atoms with van der Waals surface area (Å²) in [4.78, 5) is 16.0. The van der Waals surface area contributed by atoms with E-state index in [1.165, 1.54) is 7.11 Å². The fraction of sp³-hybridized carbons (Fsp3) is 0.429. The number of rotatable bonds is 9. The number of nitrogens with two attached hydrogens (primary N) is 1. The smallest absolute Gasteiger partial charge is 0.246 e. The minimum atomic E-state index is -0.515. The predicted octanol–water partition coefficient (Wildman–Crippen LogP) is 1.86. The van der Waals surface area contributed by atoms with Crippen LogP contribution in [0.2, 0.25) is 0 Å². The molecule has 0 fully saturated rings. The Bertz CT molecular complexity index is 393. The summed E-state index contributed by atoms with van der Waals surface area (Å²) in [7, 11) is 1.48. The quantitative estimate of drug-likeness (QED) is 0.420. The van der Waals surface area contributed by atoms with Gasteiger partial charge < -0.3 is 15.3 Å². The fourth-order valence-corrected chi connectivity index (χ4v) is 1.56. The molecule has 1 aromatic carbocycles. The average molecular weight is 264 g/mol. The second kappa shape index (κ2) is 9.10. The average Bonchev–Trinajstić information content (AvgIpc) is 2.42. The summed E-state index contributed by atoms with van der Waals surface area (Å²) in [5.41, 5.74) is 6.23. The summed E-state index contributed by atoms with van der Waals surface area (Å²) in [5, 5.41) is 3.85. The highest BCUT2D eigenvalue weighted by atomic mass is 16.6. The number of hydrogen-bond donors (Lipinski definition) is 1. The minimum absolute atomic E-state index is 0.431. The molecule has 1 atom stereocenters. The Morgan fingerprint density at radius 1 is 1.42 bits per heavy atom. The first-order valence-corrected chi connectivity index (χ1v) is 6.24. The zero-order valence-corrected chi connectivity index (χ0v) is 11.1. The third-order valence-electron chi connectivity index (χ3n) is 2.62. The molecule has 0 spiro atoms. The van der Waals surface area contributed by atoms with Gasteiger partial charge in [-0.25, -0.2) is 0 Å². The van der Waals surface area contributed by atoms with Crippen molar-refractivity contribution in [3.05, 3.63) is 35.9 Å². The van der Waals surface area contributed by atoms with Crippen molar-refractivity contribution in [2.45, 2.75) is 32.0 Å². The lowest BCUT2D eigenvalue weighted by atomic mass is 10.1. The molecule has 19 heavy (non-hydrogen) atoms. The van der Waals surface area contributed by atoms with Crippen molar-refractivity contribution in [2.24, 2.45) is 10.9 Å². The highest BCUT2D eigenvalue weighted by molar-refractivity contribution is 5.78. The van der Waals surface area contributed by atoms with Crippen LogP contribution in [0.3, 0.4) is 0 Å². The highest BCUT2D eigenvalue weighted by Crippen LogP contribution is 2.03. The normalized spacial score (nSPS) is 12.5. The number of oxime groups is 1.